The van der Waals surface area contributed by atoms with E-state index in [0.29, 0.717) is 5.69 Å². The fourth-order valence-electron chi connectivity index (χ4n) is 2.10. The second kappa shape index (κ2) is 7.14. The number of aromatic nitrogens is 3. The summed E-state index contributed by atoms with van der Waals surface area (Å²) in [6.07, 6.45) is 5.14. The van der Waals surface area contributed by atoms with Gasteiger partial charge in [-0.1, -0.05) is 18.2 Å². The number of aromatic amines is 1. The van der Waals surface area contributed by atoms with Crippen molar-refractivity contribution in [1.82, 2.24) is 25.6 Å². The number of H-pyrrole nitrogens is 1. The van der Waals surface area contributed by atoms with Crippen molar-refractivity contribution in [2.24, 2.45) is 0 Å². The molecule has 24 heavy (non-hydrogen) atoms. The van der Waals surface area contributed by atoms with E-state index >= 15 is 0 Å². The molecular formula is C16H14BrN5O2. The van der Waals surface area contributed by atoms with Gasteiger partial charge in [0.15, 0.2) is 0 Å². The summed E-state index contributed by atoms with van der Waals surface area (Å²) in [5, 5.41) is 4.22. The van der Waals surface area contributed by atoms with E-state index < -0.39 is 5.91 Å². The van der Waals surface area contributed by atoms with E-state index in [4.69, 9.17) is 0 Å². The monoisotopic (exact) mass is 387 g/mol. The van der Waals surface area contributed by atoms with E-state index in [1.54, 1.807) is 29.3 Å². The molecule has 0 bridgehead atoms. The van der Waals surface area contributed by atoms with Gasteiger partial charge in [0.05, 0.1) is 18.3 Å². The van der Waals surface area contributed by atoms with Crippen LogP contribution in [0.4, 0.5) is 0 Å². The van der Waals surface area contributed by atoms with Gasteiger partial charge in [-0.3, -0.25) is 20.4 Å². The zero-order valence-corrected chi connectivity index (χ0v) is 14.1. The highest BCUT2D eigenvalue weighted by molar-refractivity contribution is 9.10. The Balaban J connectivity index is 1.54. The maximum atomic E-state index is 11.9. The minimum Gasteiger partial charge on any atom is -0.356 e. The summed E-state index contributed by atoms with van der Waals surface area (Å²) < 4.78 is 2.45. The van der Waals surface area contributed by atoms with Gasteiger partial charge >= 0.3 is 0 Å². The largest absolute Gasteiger partial charge is 0.356 e. The zero-order chi connectivity index (χ0) is 16.9. The van der Waals surface area contributed by atoms with Crippen molar-refractivity contribution >= 4 is 27.7 Å². The van der Waals surface area contributed by atoms with Gasteiger partial charge in [-0.05, 0) is 39.7 Å². The van der Waals surface area contributed by atoms with Gasteiger partial charge in [0.25, 0.3) is 5.91 Å². The topological polar surface area (TPSA) is 91.8 Å². The molecule has 0 saturated heterocycles. The van der Waals surface area contributed by atoms with Crippen LogP contribution < -0.4 is 10.9 Å². The van der Waals surface area contributed by atoms with Crippen LogP contribution in [0.15, 0.2) is 59.5 Å². The van der Waals surface area contributed by atoms with Crippen molar-refractivity contribution < 1.29 is 9.59 Å². The first kappa shape index (κ1) is 16.0. The van der Waals surface area contributed by atoms with Gasteiger partial charge in [0.2, 0.25) is 5.91 Å². The number of hydrazine groups is 1. The molecule has 2 aromatic heterocycles. The Morgan fingerprint density at radius 2 is 2.00 bits per heavy atom. The lowest BCUT2D eigenvalue weighted by atomic mass is 10.2. The summed E-state index contributed by atoms with van der Waals surface area (Å²) in [5.74, 6) is -0.754. The molecule has 1 aromatic carbocycles. The number of hydrogen-bond acceptors (Lipinski definition) is 3. The van der Waals surface area contributed by atoms with Crippen LogP contribution in [0.3, 0.4) is 0 Å². The number of nitrogens with one attached hydrogen (secondary N) is 3. The molecule has 0 radical (unpaired) electrons. The lowest BCUT2D eigenvalue weighted by Crippen LogP contribution is -2.42. The fourth-order valence-corrected chi connectivity index (χ4v) is 2.44. The van der Waals surface area contributed by atoms with E-state index in [0.717, 1.165) is 15.7 Å². The Kier molecular flexibility index (Phi) is 4.76. The number of benzene rings is 1. The van der Waals surface area contributed by atoms with E-state index in [1.807, 2.05) is 30.3 Å². The Morgan fingerprint density at radius 1 is 1.21 bits per heavy atom. The van der Waals surface area contributed by atoms with Crippen LogP contribution in [0, 0.1) is 0 Å². The molecule has 0 atom stereocenters. The molecule has 3 rings (SSSR count). The van der Waals surface area contributed by atoms with Crippen molar-refractivity contribution in [2.45, 2.75) is 6.42 Å². The minimum atomic E-state index is -0.422. The second-order valence-electron chi connectivity index (χ2n) is 5.04. The number of amides is 2. The maximum Gasteiger partial charge on any atom is 0.286 e. The minimum absolute atomic E-state index is 0.113. The summed E-state index contributed by atoms with van der Waals surface area (Å²) in [6, 6.07) is 11.2. The highest BCUT2D eigenvalue weighted by Crippen LogP contribution is 2.10. The Morgan fingerprint density at radius 3 is 2.71 bits per heavy atom. The highest BCUT2D eigenvalue weighted by atomic mass is 79.9. The lowest BCUT2D eigenvalue weighted by molar-refractivity contribution is -0.121. The molecule has 3 N–H and O–H groups in total. The molecule has 0 spiro atoms. The number of nitrogens with zero attached hydrogens (tertiary/aromatic N) is 2. The zero-order valence-electron chi connectivity index (χ0n) is 12.5. The predicted octanol–water partition coefficient (Wildman–Crippen LogP) is 1.97. The number of rotatable bonds is 4. The predicted molar refractivity (Wildman–Crippen MR) is 91.4 cm³/mol. The Hall–Kier alpha value is -2.87. The molecule has 0 fully saturated rings. The smallest absolute Gasteiger partial charge is 0.286 e. The van der Waals surface area contributed by atoms with Gasteiger partial charge < -0.3 is 4.98 Å². The molecule has 2 heterocycles. The van der Waals surface area contributed by atoms with E-state index in [9.17, 15) is 9.59 Å². The number of para-hydroxylation sites is 1. The molecule has 0 unspecified atom stereocenters. The fraction of sp³-hybridized carbons (Fsp3) is 0.0625. The Bertz CT molecular complexity index is 856. The first-order chi connectivity index (χ1) is 11.6. The van der Waals surface area contributed by atoms with Crippen LogP contribution >= 0.6 is 15.9 Å². The molecule has 122 valence electrons. The van der Waals surface area contributed by atoms with Crippen LogP contribution in [0.1, 0.15) is 16.1 Å². The first-order valence-corrected chi connectivity index (χ1v) is 7.93. The third-order valence-electron chi connectivity index (χ3n) is 3.23. The summed E-state index contributed by atoms with van der Waals surface area (Å²) in [4.78, 5) is 26.5. The average Bonchev–Trinajstić information content (AvgIpc) is 3.23. The summed E-state index contributed by atoms with van der Waals surface area (Å²) in [6.45, 7) is 0. The van der Waals surface area contributed by atoms with E-state index in [2.05, 4.69) is 36.9 Å². The molecular weight excluding hydrogens is 374 g/mol. The molecule has 7 nitrogen and oxygen atoms in total. The summed E-state index contributed by atoms with van der Waals surface area (Å²) in [5.41, 5.74) is 6.73. The van der Waals surface area contributed by atoms with E-state index in [-0.39, 0.29) is 12.3 Å². The van der Waals surface area contributed by atoms with Crippen LogP contribution in [-0.4, -0.2) is 26.6 Å². The van der Waals surface area contributed by atoms with Gasteiger partial charge in [0, 0.05) is 16.9 Å². The third kappa shape index (κ3) is 3.90. The molecule has 3 aromatic rings. The van der Waals surface area contributed by atoms with Gasteiger partial charge in [0.1, 0.15) is 5.69 Å². The maximum absolute atomic E-state index is 11.9. The molecule has 0 aliphatic rings. The lowest BCUT2D eigenvalue weighted by Gasteiger charge is -2.05. The van der Waals surface area contributed by atoms with E-state index in [1.165, 1.54) is 0 Å². The van der Waals surface area contributed by atoms with Crippen LogP contribution in [-0.2, 0) is 11.2 Å². The highest BCUT2D eigenvalue weighted by Gasteiger charge is 2.10. The second-order valence-corrected chi connectivity index (χ2v) is 5.96. The third-order valence-corrected chi connectivity index (χ3v) is 3.69. The number of carbonyl (C=O) groups is 2. The molecule has 0 aliphatic carbocycles. The standard InChI is InChI=1S/C16H14BrN5O2/c17-12-7-14(18-9-12)16(24)21-20-15(23)6-11-8-19-22(10-11)13-4-2-1-3-5-13/h1-5,7-10,18H,6H2,(H,20,23)(H,21,24). The van der Waals surface area contributed by atoms with Gasteiger partial charge in [-0.25, -0.2) is 4.68 Å². The van der Waals surface area contributed by atoms with Crippen LogP contribution in [0.25, 0.3) is 5.69 Å². The van der Waals surface area contributed by atoms with Crippen molar-refractivity contribution in [3.8, 4) is 5.69 Å². The molecule has 8 heteroatoms. The number of carbonyl (C=O) groups excluding carboxylic acids is 2. The quantitative estimate of drug-likeness (QED) is 0.597. The number of hydrogen-bond donors (Lipinski definition) is 3. The summed E-state index contributed by atoms with van der Waals surface area (Å²) >= 11 is 3.24. The van der Waals surface area contributed by atoms with Crippen molar-refractivity contribution in [3.05, 3.63) is 70.7 Å². The average molecular weight is 388 g/mol. The van der Waals surface area contributed by atoms with Crippen molar-refractivity contribution in [2.75, 3.05) is 0 Å². The molecule has 0 aliphatic heterocycles. The van der Waals surface area contributed by atoms with Crippen molar-refractivity contribution in [3.63, 3.8) is 0 Å². The summed E-state index contributed by atoms with van der Waals surface area (Å²) in [7, 11) is 0. The molecule has 2 amide bonds. The number of halogens is 1. The van der Waals surface area contributed by atoms with Crippen molar-refractivity contribution in [1.29, 1.82) is 0 Å². The van der Waals surface area contributed by atoms with Crippen LogP contribution in [0.2, 0.25) is 0 Å². The van der Waals surface area contributed by atoms with Gasteiger partial charge in [-0.2, -0.15) is 5.10 Å². The van der Waals surface area contributed by atoms with Gasteiger partial charge in [-0.15, -0.1) is 0 Å². The SMILES string of the molecule is O=C(Cc1cnn(-c2ccccc2)c1)NNC(=O)c1cc(Br)c[nH]1. The van der Waals surface area contributed by atoms with Crippen LogP contribution in [0.5, 0.6) is 0 Å². The molecule has 0 saturated carbocycles. The first-order valence-electron chi connectivity index (χ1n) is 7.14. The normalized spacial score (nSPS) is 10.4. The Labute approximate surface area is 146 Å².